The van der Waals surface area contributed by atoms with E-state index in [0.29, 0.717) is 6.54 Å². The summed E-state index contributed by atoms with van der Waals surface area (Å²) in [5.74, 6) is 0.202. The Kier molecular flexibility index (Phi) is 3.55. The van der Waals surface area contributed by atoms with Crippen LogP contribution in [0.5, 0.6) is 0 Å². The van der Waals surface area contributed by atoms with Crippen molar-refractivity contribution in [3.05, 3.63) is 0 Å². The molecule has 5 heteroatoms. The van der Waals surface area contributed by atoms with Crippen molar-refractivity contribution in [3.63, 3.8) is 0 Å². The Labute approximate surface area is 86.0 Å². The summed E-state index contributed by atoms with van der Waals surface area (Å²) in [6.07, 6.45) is 0.227. The number of hydrogen-bond acceptors (Lipinski definition) is 3. The predicted octanol–water partition coefficient (Wildman–Crippen LogP) is 0.427. The molecule has 1 heterocycles. The minimum absolute atomic E-state index is 0.202. The first-order chi connectivity index (χ1) is 6.35. The average Bonchev–Trinajstić information content (AvgIpc) is 2.09. The molecule has 84 valence electrons. The maximum absolute atomic E-state index is 11.8. The van der Waals surface area contributed by atoms with Crippen LogP contribution in [-0.4, -0.2) is 42.3 Å². The van der Waals surface area contributed by atoms with Gasteiger partial charge >= 0.3 is 0 Å². The summed E-state index contributed by atoms with van der Waals surface area (Å²) in [6, 6.07) is 0. The Hall–Kier alpha value is -0.130. The molecule has 1 N–H and O–H groups in total. The van der Waals surface area contributed by atoms with Crippen LogP contribution in [0.1, 0.15) is 27.2 Å². The number of rotatable bonds is 2. The first kappa shape index (κ1) is 11.9. The van der Waals surface area contributed by atoms with Crippen molar-refractivity contribution < 1.29 is 13.5 Å². The van der Waals surface area contributed by atoms with E-state index in [1.807, 2.05) is 6.92 Å². The van der Waals surface area contributed by atoms with E-state index in [2.05, 4.69) is 0 Å². The van der Waals surface area contributed by atoms with E-state index in [4.69, 9.17) is 0 Å². The fourth-order valence-electron chi connectivity index (χ4n) is 1.55. The summed E-state index contributed by atoms with van der Waals surface area (Å²) in [5.41, 5.74) is 0. The summed E-state index contributed by atoms with van der Waals surface area (Å²) >= 11 is 0. The Morgan fingerprint density at radius 2 is 2.00 bits per heavy atom. The van der Waals surface area contributed by atoms with Gasteiger partial charge in [0.1, 0.15) is 0 Å². The van der Waals surface area contributed by atoms with Crippen LogP contribution in [0.3, 0.4) is 0 Å². The molecule has 0 radical (unpaired) electrons. The van der Waals surface area contributed by atoms with Gasteiger partial charge in [-0.2, -0.15) is 4.31 Å². The highest BCUT2D eigenvalue weighted by molar-refractivity contribution is 7.89. The molecule has 0 spiro atoms. The molecule has 2 unspecified atom stereocenters. The van der Waals surface area contributed by atoms with Crippen LogP contribution in [0.15, 0.2) is 0 Å². The van der Waals surface area contributed by atoms with Gasteiger partial charge in [0.2, 0.25) is 10.0 Å². The third kappa shape index (κ3) is 2.27. The van der Waals surface area contributed by atoms with E-state index >= 15 is 0 Å². The van der Waals surface area contributed by atoms with Crippen molar-refractivity contribution in [1.82, 2.24) is 4.31 Å². The minimum Gasteiger partial charge on any atom is -0.391 e. The monoisotopic (exact) mass is 221 g/mol. The second kappa shape index (κ2) is 4.16. The highest BCUT2D eigenvalue weighted by Crippen LogP contribution is 2.21. The van der Waals surface area contributed by atoms with Crippen LogP contribution in [0.4, 0.5) is 0 Å². The van der Waals surface area contributed by atoms with Gasteiger partial charge in [-0.25, -0.2) is 8.42 Å². The third-order valence-electron chi connectivity index (χ3n) is 2.84. The number of aliphatic hydroxyl groups is 1. The van der Waals surface area contributed by atoms with Gasteiger partial charge in [-0.15, -0.1) is 0 Å². The maximum atomic E-state index is 11.8. The van der Waals surface area contributed by atoms with E-state index in [0.717, 1.165) is 6.42 Å². The minimum atomic E-state index is -3.18. The molecule has 2 atom stereocenters. The van der Waals surface area contributed by atoms with Crippen molar-refractivity contribution in [1.29, 1.82) is 0 Å². The molecule has 0 aliphatic carbocycles. The standard InChI is InChI=1S/C9H19NO3S/c1-7(2)14(12,13)10-5-4-8(3)9(11)6-10/h7-9,11H,4-6H2,1-3H3. The van der Waals surface area contributed by atoms with Crippen molar-refractivity contribution in [2.24, 2.45) is 5.92 Å². The lowest BCUT2D eigenvalue weighted by Crippen LogP contribution is -2.47. The van der Waals surface area contributed by atoms with Gasteiger partial charge in [0.25, 0.3) is 0 Å². The number of sulfonamides is 1. The van der Waals surface area contributed by atoms with E-state index in [1.165, 1.54) is 4.31 Å². The molecule has 0 saturated carbocycles. The average molecular weight is 221 g/mol. The highest BCUT2D eigenvalue weighted by atomic mass is 32.2. The van der Waals surface area contributed by atoms with E-state index in [9.17, 15) is 13.5 Å². The SMILES string of the molecule is CC1CCN(S(=O)(=O)C(C)C)CC1O. The molecule has 0 aromatic heterocycles. The summed E-state index contributed by atoms with van der Waals surface area (Å²) in [7, 11) is -3.18. The lowest BCUT2D eigenvalue weighted by Gasteiger charge is -2.34. The molecule has 0 bridgehead atoms. The fraction of sp³-hybridized carbons (Fsp3) is 1.00. The second-order valence-corrected chi connectivity index (χ2v) is 6.77. The highest BCUT2D eigenvalue weighted by Gasteiger charge is 2.33. The largest absolute Gasteiger partial charge is 0.391 e. The first-order valence-electron chi connectivity index (χ1n) is 5.02. The quantitative estimate of drug-likeness (QED) is 0.735. The normalized spacial score (nSPS) is 30.9. The molecule has 0 aromatic carbocycles. The zero-order chi connectivity index (χ0) is 10.9. The van der Waals surface area contributed by atoms with Gasteiger partial charge in [0.05, 0.1) is 11.4 Å². The van der Waals surface area contributed by atoms with Gasteiger partial charge in [-0.05, 0) is 26.2 Å². The van der Waals surface area contributed by atoms with Crippen molar-refractivity contribution in [2.45, 2.75) is 38.5 Å². The molecule has 14 heavy (non-hydrogen) atoms. The van der Waals surface area contributed by atoms with Gasteiger partial charge in [0, 0.05) is 13.1 Å². The van der Waals surface area contributed by atoms with Crippen LogP contribution < -0.4 is 0 Å². The number of piperidine rings is 1. The zero-order valence-corrected chi connectivity index (χ0v) is 9.79. The van der Waals surface area contributed by atoms with Gasteiger partial charge < -0.3 is 5.11 Å². The van der Waals surface area contributed by atoms with Gasteiger partial charge in [0.15, 0.2) is 0 Å². The third-order valence-corrected chi connectivity index (χ3v) is 5.08. The molecule has 0 aromatic rings. The number of aliphatic hydroxyl groups excluding tert-OH is 1. The van der Waals surface area contributed by atoms with E-state index in [-0.39, 0.29) is 12.5 Å². The molecule has 1 saturated heterocycles. The number of nitrogens with zero attached hydrogens (tertiary/aromatic N) is 1. The lowest BCUT2D eigenvalue weighted by molar-refractivity contribution is 0.0603. The molecule has 1 fully saturated rings. The summed E-state index contributed by atoms with van der Waals surface area (Å²) < 4.78 is 24.9. The number of hydrogen-bond donors (Lipinski definition) is 1. The Balaban J connectivity index is 2.73. The first-order valence-corrected chi connectivity index (χ1v) is 6.53. The fourth-order valence-corrected chi connectivity index (χ4v) is 2.87. The molecule has 1 aliphatic rings. The molecular weight excluding hydrogens is 202 g/mol. The maximum Gasteiger partial charge on any atom is 0.216 e. The zero-order valence-electron chi connectivity index (χ0n) is 8.97. The summed E-state index contributed by atoms with van der Waals surface area (Å²) in [5, 5.41) is 9.19. The Morgan fingerprint density at radius 3 is 2.43 bits per heavy atom. The van der Waals surface area contributed by atoms with E-state index in [1.54, 1.807) is 13.8 Å². The lowest BCUT2D eigenvalue weighted by atomic mass is 9.98. The van der Waals surface area contributed by atoms with Crippen LogP contribution in [0, 0.1) is 5.92 Å². The van der Waals surface area contributed by atoms with E-state index < -0.39 is 21.4 Å². The smallest absolute Gasteiger partial charge is 0.216 e. The molecule has 4 nitrogen and oxygen atoms in total. The second-order valence-electron chi connectivity index (χ2n) is 4.29. The molecule has 0 amide bonds. The summed E-state index contributed by atoms with van der Waals surface area (Å²) in [4.78, 5) is 0. The number of β-amino-alcohol motifs (C(OH)–C–C–N with tert-alkyl or cyclic N) is 1. The van der Waals surface area contributed by atoms with Crippen molar-refractivity contribution >= 4 is 10.0 Å². The van der Waals surface area contributed by atoms with Crippen LogP contribution in [-0.2, 0) is 10.0 Å². The van der Waals surface area contributed by atoms with Crippen LogP contribution >= 0.6 is 0 Å². The Morgan fingerprint density at radius 1 is 1.43 bits per heavy atom. The van der Waals surface area contributed by atoms with Crippen molar-refractivity contribution in [2.75, 3.05) is 13.1 Å². The van der Waals surface area contributed by atoms with Gasteiger partial charge in [-0.1, -0.05) is 6.92 Å². The van der Waals surface area contributed by atoms with Crippen molar-refractivity contribution in [3.8, 4) is 0 Å². The topological polar surface area (TPSA) is 57.6 Å². The van der Waals surface area contributed by atoms with Crippen LogP contribution in [0.2, 0.25) is 0 Å². The molecule has 1 rings (SSSR count). The summed E-state index contributed by atoms with van der Waals surface area (Å²) in [6.45, 7) is 6.07. The molecular formula is C9H19NO3S. The van der Waals surface area contributed by atoms with Gasteiger partial charge in [-0.3, -0.25) is 0 Å². The Bertz CT molecular complexity index is 286. The molecule has 1 aliphatic heterocycles. The predicted molar refractivity (Wildman–Crippen MR) is 55.4 cm³/mol. The van der Waals surface area contributed by atoms with Crippen LogP contribution in [0.25, 0.3) is 0 Å².